The van der Waals surface area contributed by atoms with E-state index < -0.39 is 23.7 Å². The van der Waals surface area contributed by atoms with Gasteiger partial charge in [-0.1, -0.05) is 36.4 Å². The van der Waals surface area contributed by atoms with Gasteiger partial charge in [0.15, 0.2) is 6.61 Å². The van der Waals surface area contributed by atoms with Gasteiger partial charge in [0.1, 0.15) is 12.3 Å². The Bertz CT molecular complexity index is 1050. The Labute approximate surface area is 189 Å². The number of amides is 3. The van der Waals surface area contributed by atoms with E-state index >= 15 is 0 Å². The number of esters is 1. The quantitative estimate of drug-likeness (QED) is 0.479. The summed E-state index contributed by atoms with van der Waals surface area (Å²) in [6, 6.07) is 15.8. The minimum atomic E-state index is -0.656. The molecule has 3 rings (SSSR count). The van der Waals surface area contributed by atoms with E-state index in [0.29, 0.717) is 17.0 Å². The van der Waals surface area contributed by atoms with Crippen LogP contribution in [0.15, 0.2) is 59.5 Å². The molecule has 3 amide bonds. The van der Waals surface area contributed by atoms with Crippen LogP contribution in [-0.2, 0) is 19.1 Å². The molecular weight excluding hydrogens is 432 g/mol. The molecule has 166 valence electrons. The molecule has 2 aromatic carbocycles. The first-order valence-corrected chi connectivity index (χ1v) is 10.7. The first kappa shape index (κ1) is 23.1. The van der Waals surface area contributed by atoms with Crippen molar-refractivity contribution in [3.63, 3.8) is 0 Å². The molecule has 0 saturated carbocycles. The third-order valence-corrected chi connectivity index (χ3v) is 5.06. The van der Waals surface area contributed by atoms with Crippen LogP contribution in [0.2, 0.25) is 0 Å². The number of hydrogen-bond acceptors (Lipinski definition) is 7. The van der Waals surface area contributed by atoms with Gasteiger partial charge in [-0.25, -0.2) is 0 Å². The minimum Gasteiger partial charge on any atom is -0.483 e. The van der Waals surface area contributed by atoms with Crippen molar-refractivity contribution in [3.8, 4) is 5.75 Å². The van der Waals surface area contributed by atoms with Crippen molar-refractivity contribution in [2.75, 3.05) is 18.5 Å². The average molecular weight is 455 g/mol. The lowest BCUT2D eigenvalue weighted by molar-refractivity contribution is -0.149. The van der Waals surface area contributed by atoms with E-state index in [-0.39, 0.29) is 23.5 Å². The fourth-order valence-electron chi connectivity index (χ4n) is 2.80. The van der Waals surface area contributed by atoms with Gasteiger partial charge < -0.3 is 14.8 Å². The van der Waals surface area contributed by atoms with Crippen LogP contribution in [0.4, 0.5) is 10.5 Å². The molecule has 0 spiro atoms. The number of anilines is 1. The zero-order valence-corrected chi connectivity index (χ0v) is 18.4. The summed E-state index contributed by atoms with van der Waals surface area (Å²) < 4.78 is 10.6. The lowest BCUT2D eigenvalue weighted by Gasteiger charge is -2.13. The van der Waals surface area contributed by atoms with E-state index in [4.69, 9.17) is 9.47 Å². The number of imide groups is 1. The van der Waals surface area contributed by atoms with Gasteiger partial charge in [-0.3, -0.25) is 24.1 Å². The summed E-state index contributed by atoms with van der Waals surface area (Å²) in [7, 11) is 0. The number of carbonyl (C=O) groups excluding carboxylic acids is 4. The highest BCUT2D eigenvalue weighted by Crippen LogP contribution is 2.33. The van der Waals surface area contributed by atoms with Crippen LogP contribution in [0.3, 0.4) is 0 Å². The molecule has 32 heavy (non-hydrogen) atoms. The Kier molecular flexibility index (Phi) is 7.67. The van der Waals surface area contributed by atoms with E-state index in [0.717, 1.165) is 16.7 Å². The molecule has 0 aromatic heterocycles. The van der Waals surface area contributed by atoms with Crippen LogP contribution < -0.4 is 10.1 Å². The number of benzene rings is 2. The number of carbonyl (C=O) groups is 4. The molecule has 1 aliphatic heterocycles. The second kappa shape index (κ2) is 10.6. The summed E-state index contributed by atoms with van der Waals surface area (Å²) in [6.45, 7) is 2.69. The highest BCUT2D eigenvalue weighted by Gasteiger charge is 2.37. The van der Waals surface area contributed by atoms with Crippen LogP contribution in [0.1, 0.15) is 19.4 Å². The third kappa shape index (κ3) is 6.21. The van der Waals surface area contributed by atoms with Crippen molar-refractivity contribution >= 4 is 46.5 Å². The summed E-state index contributed by atoms with van der Waals surface area (Å²) in [5, 5.41) is 2.17. The van der Waals surface area contributed by atoms with Crippen LogP contribution >= 0.6 is 11.8 Å². The van der Waals surface area contributed by atoms with Gasteiger partial charge in [-0.15, -0.1) is 0 Å². The molecule has 1 aliphatic rings. The molecule has 8 nitrogen and oxygen atoms in total. The molecule has 0 bridgehead atoms. The fraction of sp³-hybridized carbons (Fsp3) is 0.217. The van der Waals surface area contributed by atoms with E-state index in [1.54, 1.807) is 62.4 Å². The van der Waals surface area contributed by atoms with E-state index in [9.17, 15) is 19.2 Å². The second-order valence-corrected chi connectivity index (χ2v) is 8.04. The van der Waals surface area contributed by atoms with Gasteiger partial charge in [-0.05, 0) is 49.9 Å². The molecule has 9 heteroatoms. The maximum atomic E-state index is 12.6. The van der Waals surface area contributed by atoms with Crippen molar-refractivity contribution in [3.05, 3.63) is 65.1 Å². The first-order chi connectivity index (χ1) is 15.3. The smallest absolute Gasteiger partial charge is 0.326 e. The SMILES string of the molecule is CC(C)OC(=O)CN1C(=O)S/C(=C/c2ccccc2OCC(=O)Nc2ccccc2)C1=O. The number of para-hydroxylation sites is 2. The van der Waals surface area contributed by atoms with E-state index in [1.807, 2.05) is 6.07 Å². The normalized spacial score (nSPS) is 14.7. The Morgan fingerprint density at radius 1 is 1.06 bits per heavy atom. The molecule has 0 unspecified atom stereocenters. The number of rotatable bonds is 8. The Hall–Kier alpha value is -3.59. The molecular formula is C23H22N2O6S. The molecule has 1 N–H and O–H groups in total. The summed E-state index contributed by atoms with van der Waals surface area (Å²) in [4.78, 5) is 49.8. The lowest BCUT2D eigenvalue weighted by atomic mass is 10.2. The molecule has 1 heterocycles. The number of ether oxygens (including phenoxy) is 2. The number of thioether (sulfide) groups is 1. The van der Waals surface area contributed by atoms with Gasteiger partial charge in [0.25, 0.3) is 17.1 Å². The number of nitrogens with zero attached hydrogens (tertiary/aromatic N) is 1. The van der Waals surface area contributed by atoms with Gasteiger partial charge >= 0.3 is 5.97 Å². The lowest BCUT2D eigenvalue weighted by Crippen LogP contribution is -2.35. The Morgan fingerprint density at radius 2 is 1.75 bits per heavy atom. The van der Waals surface area contributed by atoms with Gasteiger partial charge in [0.2, 0.25) is 0 Å². The number of nitrogens with one attached hydrogen (secondary N) is 1. The topological polar surface area (TPSA) is 102 Å². The van der Waals surface area contributed by atoms with Crippen LogP contribution in [-0.4, -0.2) is 47.2 Å². The van der Waals surface area contributed by atoms with Crippen LogP contribution in [0.5, 0.6) is 5.75 Å². The van der Waals surface area contributed by atoms with Crippen molar-refractivity contribution in [2.45, 2.75) is 20.0 Å². The van der Waals surface area contributed by atoms with Gasteiger partial charge in [-0.2, -0.15) is 0 Å². The van der Waals surface area contributed by atoms with Crippen LogP contribution in [0.25, 0.3) is 6.08 Å². The molecule has 0 radical (unpaired) electrons. The van der Waals surface area contributed by atoms with E-state index in [2.05, 4.69) is 5.32 Å². The number of hydrogen-bond donors (Lipinski definition) is 1. The Morgan fingerprint density at radius 3 is 2.47 bits per heavy atom. The summed E-state index contributed by atoms with van der Waals surface area (Å²) in [6.07, 6.45) is 1.16. The Balaban J connectivity index is 1.67. The van der Waals surface area contributed by atoms with Crippen molar-refractivity contribution in [2.24, 2.45) is 0 Å². The highest BCUT2D eigenvalue weighted by atomic mass is 32.2. The highest BCUT2D eigenvalue weighted by molar-refractivity contribution is 8.18. The fourth-order valence-corrected chi connectivity index (χ4v) is 3.63. The largest absolute Gasteiger partial charge is 0.483 e. The maximum Gasteiger partial charge on any atom is 0.326 e. The predicted molar refractivity (Wildman–Crippen MR) is 121 cm³/mol. The second-order valence-electron chi connectivity index (χ2n) is 7.05. The minimum absolute atomic E-state index is 0.150. The first-order valence-electron chi connectivity index (χ1n) is 9.85. The monoisotopic (exact) mass is 454 g/mol. The van der Waals surface area contributed by atoms with Crippen molar-refractivity contribution in [1.82, 2.24) is 4.90 Å². The standard InChI is InChI=1S/C23H22N2O6S/c1-15(2)31-21(27)13-25-22(28)19(32-23(25)29)12-16-8-6-7-11-18(16)30-14-20(26)24-17-9-4-3-5-10-17/h3-12,15H,13-14H2,1-2H3,(H,24,26)/b19-12+. The molecule has 0 atom stereocenters. The van der Waals surface area contributed by atoms with E-state index in [1.165, 1.54) is 6.08 Å². The maximum absolute atomic E-state index is 12.6. The average Bonchev–Trinajstić information content (AvgIpc) is 3.00. The summed E-state index contributed by atoms with van der Waals surface area (Å²) in [5.41, 5.74) is 1.18. The summed E-state index contributed by atoms with van der Waals surface area (Å²) in [5.74, 6) is -1.20. The van der Waals surface area contributed by atoms with Crippen molar-refractivity contribution < 1.29 is 28.7 Å². The predicted octanol–water partition coefficient (Wildman–Crippen LogP) is 3.69. The molecule has 0 aliphatic carbocycles. The molecule has 2 aromatic rings. The van der Waals surface area contributed by atoms with Crippen LogP contribution in [0, 0.1) is 0 Å². The zero-order valence-electron chi connectivity index (χ0n) is 17.6. The molecule has 1 saturated heterocycles. The van der Waals surface area contributed by atoms with Gasteiger partial charge in [0, 0.05) is 11.3 Å². The van der Waals surface area contributed by atoms with Gasteiger partial charge in [0.05, 0.1) is 11.0 Å². The third-order valence-electron chi connectivity index (χ3n) is 4.15. The molecule has 1 fully saturated rings. The zero-order chi connectivity index (χ0) is 23.1. The van der Waals surface area contributed by atoms with Crippen molar-refractivity contribution in [1.29, 1.82) is 0 Å². The summed E-state index contributed by atoms with van der Waals surface area (Å²) >= 11 is 0.728.